The second-order valence-electron chi connectivity index (χ2n) is 6.23. The molecule has 0 bridgehead atoms. The molecule has 0 radical (unpaired) electrons. The van der Waals surface area contributed by atoms with Gasteiger partial charge in [0.25, 0.3) is 0 Å². The van der Waals surface area contributed by atoms with Crippen molar-refractivity contribution in [2.24, 2.45) is 0 Å². The van der Waals surface area contributed by atoms with Crippen LogP contribution in [0.25, 0.3) is 16.9 Å². The Labute approximate surface area is 170 Å². The van der Waals surface area contributed by atoms with Gasteiger partial charge in [-0.1, -0.05) is 23.7 Å². The molecule has 4 aromatic rings. The summed E-state index contributed by atoms with van der Waals surface area (Å²) >= 11 is 5.89. The molecule has 4 rings (SSSR count). The van der Waals surface area contributed by atoms with Crippen LogP contribution in [0.1, 0.15) is 6.42 Å². The van der Waals surface area contributed by atoms with E-state index in [1.807, 2.05) is 28.8 Å². The first-order valence-corrected chi connectivity index (χ1v) is 9.24. The Hall–Kier alpha value is -3.45. The van der Waals surface area contributed by atoms with Crippen molar-refractivity contribution in [3.05, 3.63) is 78.0 Å². The minimum Gasteiger partial charge on any atom is -0.491 e. The van der Waals surface area contributed by atoms with Gasteiger partial charge in [-0.3, -0.25) is 9.36 Å². The first kappa shape index (κ1) is 18.9. The van der Waals surface area contributed by atoms with E-state index in [1.54, 1.807) is 24.7 Å². The number of pyridine rings is 1. The number of para-hydroxylation sites is 2. The number of nitrogens with one attached hydrogen (secondary N) is 1. The number of benzene rings is 2. The normalized spacial score (nSPS) is 10.8. The monoisotopic (exact) mass is 410 g/mol. The van der Waals surface area contributed by atoms with Gasteiger partial charge in [-0.05, 0) is 42.5 Å². The van der Waals surface area contributed by atoms with Gasteiger partial charge in [0.1, 0.15) is 23.7 Å². The predicted molar refractivity (Wildman–Crippen MR) is 109 cm³/mol. The van der Waals surface area contributed by atoms with Crippen LogP contribution < -0.4 is 10.1 Å². The molecule has 0 saturated heterocycles. The van der Waals surface area contributed by atoms with E-state index in [0.717, 1.165) is 17.1 Å². The van der Waals surface area contributed by atoms with Crippen LogP contribution in [0.4, 0.5) is 10.1 Å². The highest BCUT2D eigenvalue weighted by molar-refractivity contribution is 6.32. The van der Waals surface area contributed by atoms with Crippen molar-refractivity contribution in [1.82, 2.24) is 14.5 Å². The van der Waals surface area contributed by atoms with E-state index in [2.05, 4.69) is 15.3 Å². The number of rotatable bonds is 6. The number of hydrogen-bond acceptors (Lipinski definition) is 4. The first-order chi connectivity index (χ1) is 14.1. The number of amides is 1. The Morgan fingerprint density at radius 3 is 2.79 bits per heavy atom. The van der Waals surface area contributed by atoms with Gasteiger partial charge in [0.05, 0.1) is 41.0 Å². The first-order valence-electron chi connectivity index (χ1n) is 8.86. The van der Waals surface area contributed by atoms with Gasteiger partial charge < -0.3 is 10.1 Å². The smallest absolute Gasteiger partial charge is 0.227 e. The van der Waals surface area contributed by atoms with Crippen molar-refractivity contribution in [3.8, 4) is 11.6 Å². The lowest BCUT2D eigenvalue weighted by Gasteiger charge is -2.09. The van der Waals surface area contributed by atoms with Gasteiger partial charge >= 0.3 is 0 Å². The Bertz CT molecular complexity index is 1160. The van der Waals surface area contributed by atoms with Crippen LogP contribution >= 0.6 is 11.6 Å². The van der Waals surface area contributed by atoms with Crippen LogP contribution in [0.5, 0.6) is 5.75 Å². The topological polar surface area (TPSA) is 69.0 Å². The molecule has 2 aromatic heterocycles. The maximum atomic E-state index is 13.0. The predicted octanol–water partition coefficient (Wildman–Crippen LogP) is 4.62. The molecule has 1 amide bonds. The highest BCUT2D eigenvalue weighted by Crippen LogP contribution is 2.25. The van der Waals surface area contributed by atoms with E-state index in [4.69, 9.17) is 16.3 Å². The summed E-state index contributed by atoms with van der Waals surface area (Å²) in [6, 6.07) is 15.2. The molecular formula is C21H16ClFN4O2. The second-order valence-corrected chi connectivity index (χ2v) is 6.64. The summed E-state index contributed by atoms with van der Waals surface area (Å²) in [5.74, 6) is 0.357. The number of fused-ring (bicyclic) bond motifs is 1. The standard InChI is InChI=1S/C21H16ClFN4O2/c22-16-11-14(23)5-7-19(16)29-10-9-21(28)26-15-6-8-20(24-12-15)27-13-25-17-3-1-2-4-18(17)27/h1-8,11-13H,9-10H2,(H,26,28). The van der Waals surface area contributed by atoms with E-state index in [0.29, 0.717) is 17.3 Å². The Kier molecular flexibility index (Phi) is 5.39. The Morgan fingerprint density at radius 2 is 2.00 bits per heavy atom. The molecule has 0 aliphatic heterocycles. The molecule has 0 aliphatic rings. The summed E-state index contributed by atoms with van der Waals surface area (Å²) in [4.78, 5) is 20.8. The number of aromatic nitrogens is 3. The molecule has 0 aliphatic carbocycles. The lowest BCUT2D eigenvalue weighted by Crippen LogP contribution is -2.15. The Morgan fingerprint density at radius 1 is 1.14 bits per heavy atom. The number of carbonyl (C=O) groups is 1. The van der Waals surface area contributed by atoms with Crippen LogP contribution in [0, 0.1) is 5.82 Å². The third-order valence-corrected chi connectivity index (χ3v) is 4.51. The van der Waals surface area contributed by atoms with Crippen LogP contribution in [-0.4, -0.2) is 27.0 Å². The summed E-state index contributed by atoms with van der Waals surface area (Å²) in [7, 11) is 0. The maximum absolute atomic E-state index is 13.0. The zero-order chi connectivity index (χ0) is 20.2. The average molecular weight is 411 g/mol. The average Bonchev–Trinajstić information content (AvgIpc) is 3.14. The molecule has 0 fully saturated rings. The molecule has 2 aromatic carbocycles. The second kappa shape index (κ2) is 8.28. The SMILES string of the molecule is O=C(CCOc1ccc(F)cc1Cl)Nc1ccc(-n2cnc3ccccc32)nc1. The number of hydrogen-bond donors (Lipinski definition) is 1. The van der Waals surface area contributed by atoms with Crippen molar-refractivity contribution < 1.29 is 13.9 Å². The molecule has 29 heavy (non-hydrogen) atoms. The van der Waals surface area contributed by atoms with Crippen LogP contribution in [-0.2, 0) is 4.79 Å². The van der Waals surface area contributed by atoms with Crippen molar-refractivity contribution in [3.63, 3.8) is 0 Å². The largest absolute Gasteiger partial charge is 0.491 e. The molecular weight excluding hydrogens is 395 g/mol. The zero-order valence-electron chi connectivity index (χ0n) is 15.2. The zero-order valence-corrected chi connectivity index (χ0v) is 15.9. The van der Waals surface area contributed by atoms with Crippen LogP contribution in [0.15, 0.2) is 67.1 Å². The fourth-order valence-electron chi connectivity index (χ4n) is 2.81. The third kappa shape index (κ3) is 4.35. The van der Waals surface area contributed by atoms with Gasteiger partial charge in [-0.2, -0.15) is 0 Å². The van der Waals surface area contributed by atoms with Crippen molar-refractivity contribution in [1.29, 1.82) is 0 Å². The molecule has 0 spiro atoms. The lowest BCUT2D eigenvalue weighted by molar-refractivity contribution is -0.116. The number of anilines is 1. The van der Waals surface area contributed by atoms with Gasteiger partial charge in [-0.25, -0.2) is 14.4 Å². The van der Waals surface area contributed by atoms with Crippen molar-refractivity contribution in [2.75, 3.05) is 11.9 Å². The number of carbonyl (C=O) groups excluding carboxylic acids is 1. The van der Waals surface area contributed by atoms with Gasteiger partial charge in [0.2, 0.25) is 5.91 Å². The molecule has 2 heterocycles. The molecule has 0 unspecified atom stereocenters. The minimum absolute atomic E-state index is 0.113. The van der Waals surface area contributed by atoms with E-state index < -0.39 is 5.82 Å². The number of halogens is 2. The summed E-state index contributed by atoms with van der Waals surface area (Å²) < 4.78 is 20.3. The lowest BCUT2D eigenvalue weighted by atomic mass is 10.3. The number of imidazole rings is 1. The van der Waals surface area contributed by atoms with Gasteiger partial charge in [-0.15, -0.1) is 0 Å². The minimum atomic E-state index is -0.445. The molecule has 1 N–H and O–H groups in total. The van der Waals surface area contributed by atoms with E-state index >= 15 is 0 Å². The van der Waals surface area contributed by atoms with Gasteiger partial charge in [0.15, 0.2) is 0 Å². The van der Waals surface area contributed by atoms with Crippen LogP contribution in [0.3, 0.4) is 0 Å². The molecule has 0 atom stereocenters. The quantitative estimate of drug-likeness (QED) is 0.503. The fourth-order valence-corrected chi connectivity index (χ4v) is 3.04. The van der Waals surface area contributed by atoms with Crippen molar-refractivity contribution in [2.45, 2.75) is 6.42 Å². The highest BCUT2D eigenvalue weighted by atomic mass is 35.5. The fraction of sp³-hybridized carbons (Fsp3) is 0.0952. The van der Waals surface area contributed by atoms with E-state index in [1.165, 1.54) is 12.1 Å². The van der Waals surface area contributed by atoms with E-state index in [-0.39, 0.29) is 24.0 Å². The number of ether oxygens (including phenoxy) is 1. The maximum Gasteiger partial charge on any atom is 0.227 e. The number of nitrogens with zero attached hydrogens (tertiary/aromatic N) is 3. The van der Waals surface area contributed by atoms with Crippen LogP contribution in [0.2, 0.25) is 5.02 Å². The highest BCUT2D eigenvalue weighted by Gasteiger charge is 2.08. The third-order valence-electron chi connectivity index (χ3n) is 4.21. The molecule has 146 valence electrons. The molecule has 0 saturated carbocycles. The van der Waals surface area contributed by atoms with E-state index in [9.17, 15) is 9.18 Å². The summed E-state index contributed by atoms with van der Waals surface area (Å²) in [5, 5.41) is 2.93. The molecule has 8 heteroatoms. The molecule has 6 nitrogen and oxygen atoms in total. The van der Waals surface area contributed by atoms with Gasteiger partial charge in [0, 0.05) is 0 Å². The summed E-state index contributed by atoms with van der Waals surface area (Å²) in [5.41, 5.74) is 2.41. The summed E-state index contributed by atoms with van der Waals surface area (Å²) in [6.45, 7) is 0.115. The Balaban J connectivity index is 1.34. The van der Waals surface area contributed by atoms with Crippen molar-refractivity contribution >= 4 is 34.2 Å². The summed E-state index contributed by atoms with van der Waals surface area (Å²) in [6.07, 6.45) is 3.41.